The first-order valence-electron chi connectivity index (χ1n) is 28.6. The number of ketones is 1. The van der Waals surface area contributed by atoms with Gasteiger partial charge >= 0.3 is 11.2 Å². The average molecular weight is 1370 g/mol. The Kier molecular flexibility index (Phi) is 30.8. The van der Waals surface area contributed by atoms with Gasteiger partial charge in [0.05, 0.1) is 25.4 Å². The summed E-state index contributed by atoms with van der Waals surface area (Å²) in [6.07, 6.45) is 23.7. The summed E-state index contributed by atoms with van der Waals surface area (Å²) in [5, 5.41) is 13.0. The number of aromatic amines is 1. The SMILES string of the molecule is CC(C)(C)NC(=O)CN.CC(C)(C)NC(=O)CNc1nc(-c2ncccn2)nc2c1CCC2.CCOC(=O)C1CCCC1=O.Cl.Clc1nc(-c2ncccn2)nc2c1CCC2.N=C(N)c1ncccn1.O=P(Cl)(Cl)Cl.O=c1[nH]c(-c2ncccn2)nc2c1CCC2. The number of carbonyl (C=O) groups excluding carboxylic acids is 4. The molecule has 0 bridgehead atoms. The van der Waals surface area contributed by atoms with Crippen molar-refractivity contribution < 1.29 is 28.5 Å². The van der Waals surface area contributed by atoms with E-state index in [9.17, 15) is 28.5 Å². The van der Waals surface area contributed by atoms with E-state index in [0.717, 1.165) is 98.0 Å². The minimum absolute atomic E-state index is 0. The Hall–Kier alpha value is -7.65. The number of aryl methyl sites for hydroxylation is 3. The summed E-state index contributed by atoms with van der Waals surface area (Å²) in [7, 11) is 0. The summed E-state index contributed by atoms with van der Waals surface area (Å²) in [4.78, 5) is 114. The molecule has 4 aliphatic carbocycles. The van der Waals surface area contributed by atoms with E-state index >= 15 is 0 Å². The van der Waals surface area contributed by atoms with E-state index in [4.69, 9.17) is 33.2 Å². The lowest BCUT2D eigenvalue weighted by molar-refractivity contribution is -0.150. The number of fused-ring (bicyclic) bond motifs is 3. The van der Waals surface area contributed by atoms with Gasteiger partial charge < -0.3 is 37.1 Å². The van der Waals surface area contributed by atoms with Gasteiger partial charge in [-0.05, 0) is 177 Å². The van der Waals surface area contributed by atoms with Crippen molar-refractivity contribution in [3.8, 4) is 34.9 Å². The van der Waals surface area contributed by atoms with Crippen molar-refractivity contribution in [1.82, 2.24) is 80.4 Å². The molecule has 7 heterocycles. The molecule has 91 heavy (non-hydrogen) atoms. The third-order valence-electron chi connectivity index (χ3n) is 12.4. The van der Waals surface area contributed by atoms with Crippen LogP contribution in [0.2, 0.25) is 5.15 Å². The van der Waals surface area contributed by atoms with Crippen LogP contribution in [0.4, 0.5) is 5.82 Å². The number of amides is 2. The largest absolute Gasteiger partial charge is 0.465 e. The number of Topliss-reactive ketones (excluding diaryl/α,β-unsaturated/α-hetero) is 1. The van der Waals surface area contributed by atoms with Crippen LogP contribution >= 0.6 is 62.9 Å². The Bertz CT molecular complexity index is 3620. The van der Waals surface area contributed by atoms with Crippen molar-refractivity contribution in [2.24, 2.45) is 17.4 Å². The lowest BCUT2D eigenvalue weighted by Crippen LogP contribution is -2.43. The molecule has 2 amide bonds. The number of halogens is 5. The second-order valence-corrected chi connectivity index (χ2v) is 28.9. The van der Waals surface area contributed by atoms with Crippen molar-refractivity contribution in [3.05, 3.63) is 129 Å². The lowest BCUT2D eigenvalue weighted by Gasteiger charge is -2.21. The molecule has 0 saturated heterocycles. The van der Waals surface area contributed by atoms with Crippen molar-refractivity contribution in [2.45, 2.75) is 137 Å². The smallest absolute Gasteiger partial charge is 0.339 e. The molecule has 1 fully saturated rings. The third kappa shape index (κ3) is 27.0. The number of rotatable bonds is 10. The fourth-order valence-corrected chi connectivity index (χ4v) is 9.09. The van der Waals surface area contributed by atoms with Crippen LogP contribution in [0.15, 0.2) is 78.6 Å². The highest BCUT2D eigenvalue weighted by Gasteiger charge is 2.32. The molecule has 488 valence electrons. The zero-order valence-electron chi connectivity index (χ0n) is 51.3. The minimum Gasteiger partial charge on any atom is -0.465 e. The molecule has 1 unspecified atom stereocenters. The van der Waals surface area contributed by atoms with Gasteiger partial charge in [-0.1, -0.05) is 11.6 Å². The van der Waals surface area contributed by atoms with Crippen LogP contribution in [0.3, 0.4) is 0 Å². The summed E-state index contributed by atoms with van der Waals surface area (Å²) in [5.41, 5.74) is 15.6. The van der Waals surface area contributed by atoms with Crippen LogP contribution in [0.25, 0.3) is 34.9 Å². The summed E-state index contributed by atoms with van der Waals surface area (Å²) in [5.74, 6) is 2.94. The van der Waals surface area contributed by atoms with Crippen molar-refractivity contribution in [2.75, 3.05) is 25.0 Å². The third-order valence-corrected chi connectivity index (χ3v) is 12.7. The Labute approximate surface area is 552 Å². The Morgan fingerprint density at radius 1 is 0.626 bits per heavy atom. The molecule has 0 spiro atoms. The van der Waals surface area contributed by atoms with E-state index in [2.05, 4.69) is 119 Å². The van der Waals surface area contributed by atoms with Gasteiger partial charge in [-0.25, -0.2) is 64.8 Å². The maximum atomic E-state index is 12.0. The van der Waals surface area contributed by atoms with Crippen molar-refractivity contribution >= 4 is 98.2 Å². The van der Waals surface area contributed by atoms with Crippen LogP contribution in [0.5, 0.6) is 0 Å². The van der Waals surface area contributed by atoms with Gasteiger partial charge in [0.15, 0.2) is 46.6 Å². The van der Waals surface area contributed by atoms with E-state index in [1.807, 2.05) is 41.5 Å². The highest BCUT2D eigenvalue weighted by atomic mass is 36.0. The van der Waals surface area contributed by atoms with E-state index in [1.54, 1.807) is 80.8 Å². The molecule has 0 aliphatic heterocycles. The number of nitrogens with one attached hydrogen (secondary N) is 5. The number of amidine groups is 1. The number of ether oxygens (including phenoxy) is 1. The van der Waals surface area contributed by atoms with Gasteiger partial charge in [-0.3, -0.25) is 33.9 Å². The van der Waals surface area contributed by atoms with E-state index in [-0.39, 0.29) is 77.4 Å². The lowest BCUT2D eigenvalue weighted by atomic mass is 10.1. The number of nitrogen functional groups attached to an aromatic ring is 1. The topological polar surface area (TPSA) is 407 Å². The number of carbonyl (C=O) groups is 4. The maximum Gasteiger partial charge on any atom is 0.339 e. The Morgan fingerprint density at radius 2 is 1.07 bits per heavy atom. The first-order valence-corrected chi connectivity index (χ1v) is 33.4. The van der Waals surface area contributed by atoms with Crippen molar-refractivity contribution in [3.63, 3.8) is 0 Å². The summed E-state index contributed by atoms with van der Waals surface area (Å²) < 4.78 is 14.2. The van der Waals surface area contributed by atoms with E-state index in [1.165, 1.54) is 0 Å². The van der Waals surface area contributed by atoms with Gasteiger partial charge in [0, 0.05) is 95.2 Å². The van der Waals surface area contributed by atoms with Crippen LogP contribution in [-0.2, 0) is 67.0 Å². The number of nitrogens with zero attached hydrogens (tertiary/aromatic N) is 13. The van der Waals surface area contributed by atoms with E-state index in [0.29, 0.717) is 65.4 Å². The molecule has 7 aromatic rings. The number of esters is 1. The monoisotopic (exact) mass is 1370 g/mol. The molecule has 27 nitrogen and oxygen atoms in total. The molecule has 33 heteroatoms. The summed E-state index contributed by atoms with van der Waals surface area (Å²) >= 11 is 20.0. The molecule has 11 rings (SSSR count). The van der Waals surface area contributed by atoms with Gasteiger partial charge in [0.1, 0.15) is 22.7 Å². The van der Waals surface area contributed by atoms with Gasteiger partial charge in [-0.15, -0.1) is 12.4 Å². The first kappa shape index (κ1) is 75.8. The zero-order chi connectivity index (χ0) is 66.0. The molecule has 9 N–H and O–H groups in total. The molecule has 4 aliphatic rings. The Balaban J connectivity index is 0.000000237. The number of H-pyrrole nitrogens is 1. The normalized spacial score (nSPS) is 13.9. The number of aromatic nitrogens is 14. The standard InChI is InChI=1S/C17H22N6O.C11H9ClN4.C11H10N4O.C8H12O3.C6H14N2O.C5H6N4.Cl3OP.ClH/c1-17(2,3)23-13(24)10-20-14-11-6-4-7-12(11)21-16(22-14)15-18-8-5-9-19-15;12-9-7-3-1-4-8(7)15-11(16-9)10-13-5-2-6-14-10;16-11-7-3-1-4-8(7)14-10(15-11)9-12-5-2-6-13-9;1-2-11-8(10)6-4-3-5-7(6)9;1-6(2,3)8-5(9)4-7;6-4(7)5-8-2-1-3-9-5;1-5(2,3)4;/h5,8-9H,4,6-7,10H2,1-3H3,(H,23,24)(H,20,21,22);2,5-6H,1,3-4H2;2,5-6H,1,3-4H2,(H,14,15,16);6H,2-5H2,1H3;4,7H2,1-3H3,(H,8,9);1-3H,(H3,6,7);;1H. The quantitative estimate of drug-likeness (QED) is 0.0169. The fourth-order valence-electron chi connectivity index (χ4n) is 8.81. The van der Waals surface area contributed by atoms with E-state index < -0.39 is 11.1 Å². The number of hydrogen-bond donors (Lipinski definition) is 7. The first-order chi connectivity index (χ1) is 42.6. The maximum absolute atomic E-state index is 12.0. The highest BCUT2D eigenvalue weighted by molar-refractivity contribution is 8.24. The predicted octanol–water partition coefficient (Wildman–Crippen LogP) is 8.31. The van der Waals surface area contributed by atoms with Crippen LogP contribution in [0.1, 0.15) is 127 Å². The van der Waals surface area contributed by atoms with Gasteiger partial charge in [0.2, 0.25) is 11.8 Å². The van der Waals surface area contributed by atoms with Crippen molar-refractivity contribution in [1.29, 1.82) is 5.41 Å². The molecule has 1 atom stereocenters. The highest BCUT2D eigenvalue weighted by Crippen LogP contribution is 2.61. The molecular weight excluding hydrogens is 1300 g/mol. The number of anilines is 1. The Morgan fingerprint density at radius 3 is 1.51 bits per heavy atom. The second-order valence-electron chi connectivity index (χ2n) is 21.9. The molecule has 0 aromatic carbocycles. The predicted molar refractivity (Wildman–Crippen MR) is 351 cm³/mol. The van der Waals surface area contributed by atoms with Crippen LogP contribution in [0, 0.1) is 11.3 Å². The number of nitrogens with two attached hydrogens (primary N) is 2. The number of hydrogen-bond acceptors (Lipinski definition) is 23. The van der Waals surface area contributed by atoms with Crippen LogP contribution < -0.4 is 33.0 Å². The summed E-state index contributed by atoms with van der Waals surface area (Å²) in [6, 6.07) is 6.92. The minimum atomic E-state index is -3.22. The van der Waals surface area contributed by atoms with Crippen LogP contribution in [-0.4, -0.2) is 130 Å². The summed E-state index contributed by atoms with van der Waals surface area (Å²) in [6.45, 7) is 14.0. The fraction of sp³-hybridized carbons (Fsp3) is 0.431. The molecular formula is C58H74Cl5N20O7P. The van der Waals surface area contributed by atoms with Gasteiger partial charge in [0.25, 0.3) is 5.56 Å². The molecule has 0 radical (unpaired) electrons. The zero-order valence-corrected chi connectivity index (χ0v) is 56.0. The molecule has 1 saturated carbocycles. The average Bonchev–Trinajstić information content (AvgIpc) is 1.82. The second kappa shape index (κ2) is 37.0. The van der Waals surface area contributed by atoms with Gasteiger partial charge in [-0.2, -0.15) is 0 Å². The molecule has 7 aromatic heterocycles.